The van der Waals surface area contributed by atoms with Crippen LogP contribution in [0.25, 0.3) is 0 Å². The lowest BCUT2D eigenvalue weighted by Gasteiger charge is -2.12. The number of carbonyl (C=O) groups is 2. The van der Waals surface area contributed by atoms with Gasteiger partial charge in [-0.15, -0.1) is 0 Å². The summed E-state index contributed by atoms with van der Waals surface area (Å²) in [5, 5.41) is 0. The fourth-order valence-electron chi connectivity index (χ4n) is 2.89. The van der Waals surface area contributed by atoms with Crippen molar-refractivity contribution in [2.24, 2.45) is 0 Å². The second-order valence-electron chi connectivity index (χ2n) is 7.54. The summed E-state index contributed by atoms with van der Waals surface area (Å²) in [6.45, 7) is 6.41. The SMILES string of the molecule is CCCCCCCCCCC#CCOC(=O)CCCC(=O)OC(C)CCCC. The van der Waals surface area contributed by atoms with Crippen LogP contribution in [-0.2, 0) is 19.1 Å². The Labute approximate surface area is 173 Å². The lowest BCUT2D eigenvalue weighted by Crippen LogP contribution is -2.15. The molecule has 0 aliphatic heterocycles. The van der Waals surface area contributed by atoms with E-state index in [0.717, 1.165) is 32.1 Å². The molecule has 0 fully saturated rings. The third kappa shape index (κ3) is 19.3. The fraction of sp³-hybridized carbons (Fsp3) is 0.833. The van der Waals surface area contributed by atoms with E-state index < -0.39 is 0 Å². The van der Waals surface area contributed by atoms with Crippen molar-refractivity contribution >= 4 is 11.9 Å². The number of carbonyl (C=O) groups excluding carboxylic acids is 2. The maximum absolute atomic E-state index is 11.7. The molecule has 1 atom stereocenters. The Hall–Kier alpha value is -1.50. The number of ether oxygens (including phenoxy) is 2. The highest BCUT2D eigenvalue weighted by molar-refractivity contribution is 5.72. The number of hydrogen-bond donors (Lipinski definition) is 0. The van der Waals surface area contributed by atoms with Crippen LogP contribution in [0.15, 0.2) is 0 Å². The van der Waals surface area contributed by atoms with Crippen molar-refractivity contribution < 1.29 is 19.1 Å². The van der Waals surface area contributed by atoms with Crippen LogP contribution < -0.4 is 0 Å². The molecule has 0 aliphatic carbocycles. The van der Waals surface area contributed by atoms with E-state index in [1.165, 1.54) is 44.9 Å². The van der Waals surface area contributed by atoms with E-state index in [0.29, 0.717) is 6.42 Å². The molecule has 4 heteroatoms. The van der Waals surface area contributed by atoms with E-state index in [4.69, 9.17) is 9.47 Å². The second-order valence-corrected chi connectivity index (χ2v) is 7.54. The van der Waals surface area contributed by atoms with Gasteiger partial charge in [-0.05, 0) is 26.2 Å². The van der Waals surface area contributed by atoms with Crippen LogP contribution in [-0.4, -0.2) is 24.6 Å². The van der Waals surface area contributed by atoms with E-state index >= 15 is 0 Å². The van der Waals surface area contributed by atoms with Gasteiger partial charge in [-0.3, -0.25) is 9.59 Å². The Balaban J connectivity index is 3.50. The zero-order valence-electron chi connectivity index (χ0n) is 18.5. The van der Waals surface area contributed by atoms with Gasteiger partial charge in [0.2, 0.25) is 0 Å². The Morgan fingerprint density at radius 1 is 0.750 bits per heavy atom. The lowest BCUT2D eigenvalue weighted by atomic mass is 10.1. The van der Waals surface area contributed by atoms with Crippen LogP contribution in [0.4, 0.5) is 0 Å². The molecule has 0 bridgehead atoms. The van der Waals surface area contributed by atoms with Gasteiger partial charge in [0.05, 0.1) is 6.10 Å². The second kappa shape index (κ2) is 20.2. The van der Waals surface area contributed by atoms with Crippen molar-refractivity contribution in [3.05, 3.63) is 0 Å². The van der Waals surface area contributed by atoms with Gasteiger partial charge in [0.25, 0.3) is 0 Å². The first-order valence-corrected chi connectivity index (χ1v) is 11.4. The highest BCUT2D eigenvalue weighted by Crippen LogP contribution is 2.09. The standard InChI is InChI=1S/C24H42O4/c1-4-6-8-9-10-11-12-13-14-15-16-21-27-23(25)19-17-20-24(26)28-22(3)18-7-5-2/h22H,4-14,17-21H2,1-3H3. The average Bonchev–Trinajstić information content (AvgIpc) is 2.67. The molecular formula is C24H42O4. The van der Waals surface area contributed by atoms with Crippen molar-refractivity contribution in [2.75, 3.05) is 6.61 Å². The molecule has 0 rings (SSSR count). The third-order valence-electron chi connectivity index (χ3n) is 4.64. The van der Waals surface area contributed by atoms with Gasteiger partial charge in [0, 0.05) is 19.3 Å². The predicted octanol–water partition coefficient (Wildman–Crippen LogP) is 6.36. The van der Waals surface area contributed by atoms with Crippen molar-refractivity contribution in [3.63, 3.8) is 0 Å². The van der Waals surface area contributed by atoms with Gasteiger partial charge < -0.3 is 9.47 Å². The van der Waals surface area contributed by atoms with Gasteiger partial charge in [0.1, 0.15) is 0 Å². The molecule has 0 radical (unpaired) electrons. The Bertz CT molecular complexity index is 447. The third-order valence-corrected chi connectivity index (χ3v) is 4.64. The molecule has 0 saturated heterocycles. The molecule has 28 heavy (non-hydrogen) atoms. The quantitative estimate of drug-likeness (QED) is 0.164. The molecule has 0 spiro atoms. The smallest absolute Gasteiger partial charge is 0.306 e. The van der Waals surface area contributed by atoms with Crippen LogP contribution in [0.2, 0.25) is 0 Å². The summed E-state index contributed by atoms with van der Waals surface area (Å²) in [6.07, 6.45) is 15.2. The Morgan fingerprint density at radius 2 is 1.36 bits per heavy atom. The molecule has 162 valence electrons. The molecule has 4 nitrogen and oxygen atoms in total. The summed E-state index contributed by atoms with van der Waals surface area (Å²) in [7, 11) is 0. The largest absolute Gasteiger partial charge is 0.463 e. The van der Waals surface area contributed by atoms with Gasteiger partial charge in [-0.1, -0.05) is 83.5 Å². The lowest BCUT2D eigenvalue weighted by molar-refractivity contribution is -0.149. The minimum Gasteiger partial charge on any atom is -0.463 e. The summed E-state index contributed by atoms with van der Waals surface area (Å²) >= 11 is 0. The molecule has 0 aromatic heterocycles. The summed E-state index contributed by atoms with van der Waals surface area (Å²) < 4.78 is 10.4. The van der Waals surface area contributed by atoms with E-state index in [1.807, 2.05) is 6.92 Å². The number of rotatable bonds is 17. The van der Waals surface area contributed by atoms with E-state index in [-0.39, 0.29) is 37.5 Å². The van der Waals surface area contributed by atoms with E-state index in [1.54, 1.807) is 0 Å². The maximum atomic E-state index is 11.7. The first kappa shape index (κ1) is 26.5. The summed E-state index contributed by atoms with van der Waals surface area (Å²) in [4.78, 5) is 23.3. The van der Waals surface area contributed by atoms with Crippen molar-refractivity contribution in [1.82, 2.24) is 0 Å². The highest BCUT2D eigenvalue weighted by atomic mass is 16.5. The van der Waals surface area contributed by atoms with E-state index in [2.05, 4.69) is 25.7 Å². The maximum Gasteiger partial charge on any atom is 0.306 e. The van der Waals surface area contributed by atoms with Crippen LogP contribution >= 0.6 is 0 Å². The molecule has 1 unspecified atom stereocenters. The zero-order valence-corrected chi connectivity index (χ0v) is 18.5. The minimum absolute atomic E-state index is 0.0456. The molecule has 0 amide bonds. The summed E-state index contributed by atoms with van der Waals surface area (Å²) in [5.41, 5.74) is 0. The first-order valence-electron chi connectivity index (χ1n) is 11.4. The monoisotopic (exact) mass is 394 g/mol. The number of hydrogen-bond acceptors (Lipinski definition) is 4. The normalized spacial score (nSPS) is 11.4. The zero-order chi connectivity index (χ0) is 20.9. The molecule has 0 aromatic carbocycles. The van der Waals surface area contributed by atoms with Crippen LogP contribution in [0.1, 0.15) is 117 Å². The number of unbranched alkanes of at least 4 members (excludes halogenated alkanes) is 9. The van der Waals surface area contributed by atoms with E-state index in [9.17, 15) is 9.59 Å². The highest BCUT2D eigenvalue weighted by Gasteiger charge is 2.10. The Kier molecular flexibility index (Phi) is 19.2. The molecular weight excluding hydrogens is 352 g/mol. The topological polar surface area (TPSA) is 52.6 Å². The summed E-state index contributed by atoms with van der Waals surface area (Å²) in [6, 6.07) is 0. The predicted molar refractivity (Wildman–Crippen MR) is 115 cm³/mol. The molecule has 0 N–H and O–H groups in total. The van der Waals surface area contributed by atoms with Gasteiger partial charge >= 0.3 is 11.9 Å². The van der Waals surface area contributed by atoms with Crippen LogP contribution in [0.5, 0.6) is 0 Å². The number of esters is 2. The Morgan fingerprint density at radius 3 is 2.04 bits per heavy atom. The van der Waals surface area contributed by atoms with Crippen LogP contribution in [0, 0.1) is 11.8 Å². The van der Waals surface area contributed by atoms with Gasteiger partial charge in [-0.2, -0.15) is 0 Å². The first-order chi connectivity index (χ1) is 13.6. The summed E-state index contributed by atoms with van der Waals surface area (Å²) in [5.74, 6) is 5.43. The van der Waals surface area contributed by atoms with Crippen LogP contribution in [0.3, 0.4) is 0 Å². The van der Waals surface area contributed by atoms with Crippen molar-refractivity contribution in [1.29, 1.82) is 0 Å². The van der Waals surface area contributed by atoms with Crippen molar-refractivity contribution in [3.8, 4) is 11.8 Å². The molecule has 0 aliphatic rings. The molecule has 0 heterocycles. The molecule has 0 aromatic rings. The van der Waals surface area contributed by atoms with Crippen molar-refractivity contribution in [2.45, 2.75) is 123 Å². The molecule has 0 saturated carbocycles. The average molecular weight is 395 g/mol. The van der Waals surface area contributed by atoms with Gasteiger partial charge in [-0.25, -0.2) is 0 Å². The fourth-order valence-corrected chi connectivity index (χ4v) is 2.89. The van der Waals surface area contributed by atoms with Gasteiger partial charge in [0.15, 0.2) is 6.61 Å². The minimum atomic E-state index is -0.298.